The van der Waals surface area contributed by atoms with Crippen LogP contribution in [0, 0.1) is 0 Å². The zero-order chi connectivity index (χ0) is 23.2. The zero-order valence-electron chi connectivity index (χ0n) is 19.8. The van der Waals surface area contributed by atoms with E-state index in [0.717, 1.165) is 46.6 Å². The van der Waals surface area contributed by atoms with E-state index in [1.807, 2.05) is 63.4 Å². The molecule has 3 N–H and O–H groups in total. The molecule has 0 aromatic heterocycles. The van der Waals surface area contributed by atoms with Crippen molar-refractivity contribution in [2.45, 2.75) is 40.2 Å². The minimum absolute atomic E-state index is 0.105. The minimum Gasteiger partial charge on any atom is -0.497 e. The van der Waals surface area contributed by atoms with E-state index < -0.39 is 0 Å². The Morgan fingerprint density at radius 1 is 1.19 bits per heavy atom. The molecule has 0 radical (unpaired) electrons. The number of nitrogens with one attached hydrogen (secondary N) is 3. The van der Waals surface area contributed by atoms with Crippen molar-refractivity contribution < 1.29 is 9.53 Å². The molecule has 0 saturated carbocycles. The van der Waals surface area contributed by atoms with E-state index in [1.54, 1.807) is 19.1 Å². The highest BCUT2D eigenvalue weighted by Gasteiger charge is 2.13. The van der Waals surface area contributed by atoms with Crippen molar-refractivity contribution >= 4 is 6.03 Å². The third-order valence-electron chi connectivity index (χ3n) is 4.74. The number of urea groups is 1. The summed E-state index contributed by atoms with van der Waals surface area (Å²) in [6.07, 6.45) is 5.73. The number of carbonyl (C=O) groups is 1. The molecule has 2 amide bonds. The predicted molar refractivity (Wildman–Crippen MR) is 129 cm³/mol. The van der Waals surface area contributed by atoms with Crippen LogP contribution in [0.5, 0.6) is 0 Å². The quantitative estimate of drug-likeness (QED) is 0.258. The number of allylic oxidation sites excluding steroid dienone is 4. The summed E-state index contributed by atoms with van der Waals surface area (Å²) in [6.45, 7) is 11.0. The summed E-state index contributed by atoms with van der Waals surface area (Å²) in [4.78, 5) is 14.3. The Labute approximate surface area is 187 Å². The molecule has 6 heteroatoms. The average molecular weight is 427 g/mol. The lowest BCUT2D eigenvalue weighted by Gasteiger charge is -2.21. The molecule has 0 fully saturated rings. The highest BCUT2D eigenvalue weighted by molar-refractivity contribution is 5.74. The van der Waals surface area contributed by atoms with E-state index >= 15 is 0 Å². The maximum Gasteiger partial charge on any atom is 0.317 e. The lowest BCUT2D eigenvalue weighted by atomic mass is 10.0. The van der Waals surface area contributed by atoms with Crippen LogP contribution in [0.25, 0.3) is 0 Å². The first-order valence-electron chi connectivity index (χ1n) is 10.6. The predicted octanol–water partition coefficient (Wildman–Crippen LogP) is 4.66. The van der Waals surface area contributed by atoms with Gasteiger partial charge in [0.15, 0.2) is 0 Å². The van der Waals surface area contributed by atoms with E-state index in [4.69, 9.17) is 4.74 Å². The first-order chi connectivity index (χ1) is 14.8. The fourth-order valence-corrected chi connectivity index (χ4v) is 3.11. The first kappa shape index (κ1) is 26.0. The molecule has 1 aromatic rings. The van der Waals surface area contributed by atoms with E-state index in [9.17, 15) is 4.79 Å². The third kappa shape index (κ3) is 9.13. The molecule has 0 atom stereocenters. The molecule has 0 aliphatic rings. The van der Waals surface area contributed by atoms with Crippen LogP contribution in [0.3, 0.4) is 0 Å². The van der Waals surface area contributed by atoms with E-state index in [0.29, 0.717) is 13.1 Å². The Morgan fingerprint density at radius 3 is 2.42 bits per heavy atom. The highest BCUT2D eigenvalue weighted by atomic mass is 16.5. The van der Waals surface area contributed by atoms with Crippen molar-refractivity contribution in [3.8, 4) is 0 Å². The van der Waals surface area contributed by atoms with Crippen LogP contribution in [0.1, 0.15) is 39.2 Å². The average Bonchev–Trinajstić information content (AvgIpc) is 2.75. The molecule has 0 aliphatic heterocycles. The second kappa shape index (κ2) is 14.1. The molecule has 0 spiro atoms. The summed E-state index contributed by atoms with van der Waals surface area (Å²) in [6, 6.07) is 9.85. The van der Waals surface area contributed by atoms with Gasteiger partial charge in [-0.15, -0.1) is 0 Å². The number of hydrogen-bond acceptors (Lipinski definition) is 4. The van der Waals surface area contributed by atoms with Gasteiger partial charge in [0.1, 0.15) is 5.76 Å². The molecule has 170 valence electrons. The van der Waals surface area contributed by atoms with Crippen LogP contribution in [0.4, 0.5) is 4.79 Å². The number of benzene rings is 1. The van der Waals surface area contributed by atoms with Gasteiger partial charge in [-0.1, -0.05) is 56.3 Å². The topological polar surface area (TPSA) is 65.6 Å². The van der Waals surface area contributed by atoms with Gasteiger partial charge in [0.25, 0.3) is 0 Å². The molecule has 0 saturated heterocycles. The molecule has 6 nitrogen and oxygen atoms in total. The summed E-state index contributed by atoms with van der Waals surface area (Å²) >= 11 is 0. The first-order valence-corrected chi connectivity index (χ1v) is 10.6. The standard InChI is InChI=1S/C25H38N4O2/c1-8-12-22(17-27-25(30)29(6)18-21-13-10-9-11-14-21)24(28-26-5)20(4)15-16-23(31-7)19(2)3/h9-11,13-16,26,28H,2,8,12,17-18H2,1,3-7H3,(H,27,30)/b20-15+,23-16+,24-22+. The lowest BCUT2D eigenvalue weighted by Crippen LogP contribution is -2.39. The van der Waals surface area contributed by atoms with E-state index in [1.165, 1.54) is 0 Å². The van der Waals surface area contributed by atoms with Gasteiger partial charge in [-0.3, -0.25) is 0 Å². The molecule has 1 rings (SSSR count). The number of nitrogens with zero attached hydrogens (tertiary/aromatic N) is 1. The Morgan fingerprint density at radius 2 is 1.87 bits per heavy atom. The number of methoxy groups -OCH3 is 1. The fourth-order valence-electron chi connectivity index (χ4n) is 3.11. The van der Waals surface area contributed by atoms with Gasteiger partial charge in [0.05, 0.1) is 12.8 Å². The molecule has 1 aromatic carbocycles. The fraction of sp³-hybridized carbons (Fsp3) is 0.400. The largest absolute Gasteiger partial charge is 0.497 e. The molecular weight excluding hydrogens is 388 g/mol. The van der Waals surface area contributed by atoms with Gasteiger partial charge >= 0.3 is 6.03 Å². The van der Waals surface area contributed by atoms with Crippen LogP contribution in [0.15, 0.2) is 77.2 Å². The van der Waals surface area contributed by atoms with Gasteiger partial charge in [-0.2, -0.15) is 0 Å². The SMILES string of the molecule is C=C(C)\C(=C/C=C(C)/C(NNC)=C(/CCC)CNC(=O)N(C)Cc1ccccc1)OC. The monoisotopic (exact) mass is 426 g/mol. The molecule has 0 heterocycles. The summed E-state index contributed by atoms with van der Waals surface area (Å²) in [5, 5.41) is 3.06. The van der Waals surface area contributed by atoms with Crippen LogP contribution in [-0.4, -0.2) is 38.7 Å². The van der Waals surface area contributed by atoms with E-state index in [-0.39, 0.29) is 6.03 Å². The molecule has 0 bridgehead atoms. The van der Waals surface area contributed by atoms with Crippen LogP contribution >= 0.6 is 0 Å². The Bertz CT molecular complexity index is 810. The van der Waals surface area contributed by atoms with Crippen LogP contribution < -0.4 is 16.2 Å². The maximum atomic E-state index is 12.6. The Balaban J connectivity index is 3.00. The minimum atomic E-state index is -0.105. The Kier molecular flexibility index (Phi) is 11.8. The van der Waals surface area contributed by atoms with Crippen molar-refractivity contribution in [2.75, 3.05) is 27.7 Å². The van der Waals surface area contributed by atoms with Gasteiger partial charge in [0.2, 0.25) is 0 Å². The summed E-state index contributed by atoms with van der Waals surface area (Å²) < 4.78 is 5.37. The van der Waals surface area contributed by atoms with E-state index in [2.05, 4.69) is 29.7 Å². The second-order valence-electron chi connectivity index (χ2n) is 7.47. The molecule has 31 heavy (non-hydrogen) atoms. The highest BCUT2D eigenvalue weighted by Crippen LogP contribution is 2.17. The second-order valence-corrected chi connectivity index (χ2v) is 7.47. The summed E-state index contributed by atoms with van der Waals surface area (Å²) in [5.74, 6) is 0.732. The molecular formula is C25H38N4O2. The van der Waals surface area contributed by atoms with Crippen LogP contribution in [-0.2, 0) is 11.3 Å². The summed E-state index contributed by atoms with van der Waals surface area (Å²) in [5.41, 5.74) is 11.3. The number of rotatable bonds is 12. The van der Waals surface area contributed by atoms with Gasteiger partial charge in [0, 0.05) is 27.2 Å². The third-order valence-corrected chi connectivity index (χ3v) is 4.74. The van der Waals surface area contributed by atoms with Crippen molar-refractivity contribution in [3.05, 3.63) is 82.8 Å². The van der Waals surface area contributed by atoms with Crippen molar-refractivity contribution in [1.29, 1.82) is 0 Å². The van der Waals surface area contributed by atoms with Gasteiger partial charge in [-0.25, -0.2) is 10.2 Å². The lowest BCUT2D eigenvalue weighted by molar-refractivity contribution is 0.207. The van der Waals surface area contributed by atoms with Crippen LogP contribution in [0.2, 0.25) is 0 Å². The van der Waals surface area contributed by atoms with Crippen molar-refractivity contribution in [3.63, 3.8) is 0 Å². The molecule has 0 unspecified atom stereocenters. The number of hydrogen-bond donors (Lipinski definition) is 3. The number of hydrazine groups is 1. The zero-order valence-corrected chi connectivity index (χ0v) is 19.8. The number of amides is 2. The molecule has 0 aliphatic carbocycles. The normalized spacial score (nSPS) is 12.7. The number of carbonyl (C=O) groups excluding carboxylic acids is 1. The Hall–Kier alpha value is -2.99. The van der Waals surface area contributed by atoms with Gasteiger partial charge in [-0.05, 0) is 48.6 Å². The maximum absolute atomic E-state index is 12.6. The number of ether oxygens (including phenoxy) is 1. The summed E-state index contributed by atoms with van der Waals surface area (Å²) in [7, 11) is 5.27. The smallest absolute Gasteiger partial charge is 0.317 e. The van der Waals surface area contributed by atoms with Gasteiger partial charge < -0.3 is 20.4 Å². The van der Waals surface area contributed by atoms with Crippen molar-refractivity contribution in [2.24, 2.45) is 0 Å². The van der Waals surface area contributed by atoms with Crippen molar-refractivity contribution in [1.82, 2.24) is 21.1 Å².